The topological polar surface area (TPSA) is 74.7 Å². The van der Waals surface area contributed by atoms with Crippen LogP contribution in [0.3, 0.4) is 0 Å². The minimum Gasteiger partial charge on any atom is -0.348 e. The molecule has 2 heterocycles. The highest BCUT2D eigenvalue weighted by atomic mass is 35.5. The summed E-state index contributed by atoms with van der Waals surface area (Å²) in [6.07, 6.45) is 0. The number of nitrogens with zero attached hydrogens (tertiary/aromatic N) is 3. The lowest BCUT2D eigenvalue weighted by atomic mass is 10.1. The number of hydrogen-bond donors (Lipinski definition) is 1. The molecule has 0 spiro atoms. The number of carbonyl (C=O) groups is 2. The Kier molecular flexibility index (Phi) is 7.58. The second-order valence-electron chi connectivity index (χ2n) is 6.96. The molecule has 2 amide bonds. The molecule has 0 bridgehead atoms. The van der Waals surface area contributed by atoms with Crippen molar-refractivity contribution in [2.45, 2.75) is 20.0 Å². The largest absolute Gasteiger partial charge is 0.348 e. The lowest BCUT2D eigenvalue weighted by Gasteiger charge is -2.30. The summed E-state index contributed by atoms with van der Waals surface area (Å²) in [5, 5.41) is 3.37. The third-order valence-corrected chi connectivity index (χ3v) is 6.05. The summed E-state index contributed by atoms with van der Waals surface area (Å²) in [7, 11) is 2.00. The van der Waals surface area contributed by atoms with Gasteiger partial charge in [0.05, 0.1) is 0 Å². The Hall–Kier alpha value is -2.29. The van der Waals surface area contributed by atoms with Crippen LogP contribution in [0.5, 0.6) is 0 Å². The van der Waals surface area contributed by atoms with Crippen LogP contribution in [-0.4, -0.2) is 58.0 Å². The molecule has 160 valence electrons. The number of hydrogen-bond acceptors (Lipinski definition) is 5. The van der Waals surface area contributed by atoms with E-state index >= 15 is 0 Å². The molecule has 7 nitrogen and oxygen atoms in total. The van der Waals surface area contributed by atoms with Crippen molar-refractivity contribution in [2.24, 2.45) is 0 Å². The Labute approximate surface area is 185 Å². The van der Waals surface area contributed by atoms with E-state index in [1.54, 1.807) is 35.0 Å². The summed E-state index contributed by atoms with van der Waals surface area (Å²) < 4.78 is 3.50. The highest BCUT2D eigenvalue weighted by molar-refractivity contribution is 7.96. The van der Waals surface area contributed by atoms with Gasteiger partial charge in [0.2, 0.25) is 0 Å². The van der Waals surface area contributed by atoms with Crippen molar-refractivity contribution in [3.8, 4) is 0 Å². The maximum atomic E-state index is 12.8. The second-order valence-corrected chi connectivity index (χ2v) is 8.85. The highest BCUT2D eigenvalue weighted by Gasteiger charge is 2.27. The number of nitrogens with one attached hydrogen (secondary N) is 1. The maximum Gasteiger partial charge on any atom is 0.270 e. The van der Waals surface area contributed by atoms with E-state index in [9.17, 15) is 14.4 Å². The average Bonchev–Trinajstić information content (AvgIpc) is 2.73. The van der Waals surface area contributed by atoms with E-state index in [4.69, 9.17) is 11.6 Å². The first-order chi connectivity index (χ1) is 14.4. The van der Waals surface area contributed by atoms with E-state index in [0.717, 1.165) is 17.9 Å². The lowest BCUT2D eigenvalue weighted by molar-refractivity contribution is 0.0694. The van der Waals surface area contributed by atoms with Crippen LogP contribution in [-0.2, 0) is 13.1 Å². The molecule has 2 aromatic rings. The van der Waals surface area contributed by atoms with Crippen molar-refractivity contribution in [1.29, 1.82) is 0 Å². The summed E-state index contributed by atoms with van der Waals surface area (Å²) in [5.41, 5.74) is 0.801. The molecule has 1 aromatic heterocycles. The van der Waals surface area contributed by atoms with E-state index in [2.05, 4.69) is 16.5 Å². The number of pyridine rings is 1. The van der Waals surface area contributed by atoms with Gasteiger partial charge in [-0.1, -0.05) is 42.6 Å². The van der Waals surface area contributed by atoms with Crippen LogP contribution in [0.2, 0.25) is 5.02 Å². The first kappa shape index (κ1) is 22.4. The van der Waals surface area contributed by atoms with Crippen LogP contribution in [0.25, 0.3) is 0 Å². The number of benzene rings is 1. The van der Waals surface area contributed by atoms with Gasteiger partial charge in [-0.2, -0.15) is 0 Å². The van der Waals surface area contributed by atoms with Crippen molar-refractivity contribution in [3.63, 3.8) is 0 Å². The van der Waals surface area contributed by atoms with Gasteiger partial charge in [0, 0.05) is 43.5 Å². The molecule has 1 aliphatic rings. The molecule has 9 heteroatoms. The fourth-order valence-electron chi connectivity index (χ4n) is 3.28. The fourth-order valence-corrected chi connectivity index (χ4v) is 4.06. The van der Waals surface area contributed by atoms with Gasteiger partial charge >= 0.3 is 0 Å². The van der Waals surface area contributed by atoms with Crippen LogP contribution in [0.4, 0.5) is 0 Å². The van der Waals surface area contributed by atoms with Gasteiger partial charge in [-0.25, -0.2) is 0 Å². The minimum atomic E-state index is -0.460. The number of likely N-dealkylation sites (N-methyl/N-ethyl adjacent to an activating group) is 1. The van der Waals surface area contributed by atoms with Crippen molar-refractivity contribution >= 4 is 35.4 Å². The molecule has 1 aromatic carbocycles. The quantitative estimate of drug-likeness (QED) is 0.628. The van der Waals surface area contributed by atoms with Crippen LogP contribution in [0.1, 0.15) is 33.3 Å². The van der Waals surface area contributed by atoms with Gasteiger partial charge in [0.1, 0.15) is 11.3 Å². The summed E-state index contributed by atoms with van der Waals surface area (Å²) in [6, 6.07) is 10.1. The van der Waals surface area contributed by atoms with E-state index < -0.39 is 11.5 Å². The predicted molar refractivity (Wildman–Crippen MR) is 120 cm³/mol. The summed E-state index contributed by atoms with van der Waals surface area (Å²) in [5.74, 6) is 0.339. The van der Waals surface area contributed by atoms with Gasteiger partial charge in [-0.15, -0.1) is 0 Å². The number of carbonyl (C=O) groups excluding carboxylic acids is 2. The molecule has 30 heavy (non-hydrogen) atoms. The van der Waals surface area contributed by atoms with Gasteiger partial charge in [0.25, 0.3) is 17.4 Å². The molecule has 0 unspecified atom stereocenters. The Morgan fingerprint density at radius 1 is 1.17 bits per heavy atom. The Morgan fingerprint density at radius 2 is 1.90 bits per heavy atom. The molecule has 0 radical (unpaired) electrons. The maximum absolute atomic E-state index is 12.8. The molecule has 1 aliphatic heterocycles. The molecule has 0 fully saturated rings. The third-order valence-electron chi connectivity index (χ3n) is 4.92. The molecular formula is C21H25ClN4O3S. The van der Waals surface area contributed by atoms with Crippen molar-refractivity contribution in [1.82, 2.24) is 19.1 Å². The molecule has 0 atom stereocenters. The molecular weight excluding hydrogens is 424 g/mol. The van der Waals surface area contributed by atoms with Crippen LogP contribution < -0.4 is 10.9 Å². The Bertz CT molecular complexity index is 977. The number of amides is 2. The predicted octanol–water partition coefficient (Wildman–Crippen LogP) is 2.49. The SMILES string of the molecule is CCSN(C)CCN1CCn2c(ccc(C(=O)NCc3ccc(Cl)cc3)c2=O)C1=O. The standard InChI is InChI=1S/C21H25ClN4O3S/c1-3-30-24(2)10-11-25-12-13-26-18(21(25)29)9-8-17(20(26)28)19(27)23-14-15-4-6-16(22)7-5-15/h4-9H,3,10-14H2,1-2H3,(H,23,27). The van der Waals surface area contributed by atoms with Gasteiger partial charge < -0.3 is 14.8 Å². The van der Waals surface area contributed by atoms with Crippen LogP contribution >= 0.6 is 23.5 Å². The molecule has 1 N–H and O–H groups in total. The fraction of sp³-hybridized carbons (Fsp3) is 0.381. The molecule has 0 aliphatic carbocycles. The monoisotopic (exact) mass is 448 g/mol. The number of halogens is 1. The first-order valence-electron chi connectivity index (χ1n) is 9.80. The van der Waals surface area contributed by atoms with E-state index in [-0.39, 0.29) is 18.0 Å². The zero-order valence-corrected chi connectivity index (χ0v) is 18.6. The minimum absolute atomic E-state index is 0.0352. The Morgan fingerprint density at radius 3 is 2.60 bits per heavy atom. The van der Waals surface area contributed by atoms with Gasteiger partial charge in [-0.05, 0) is 36.9 Å². The second kappa shape index (κ2) is 10.1. The van der Waals surface area contributed by atoms with Gasteiger partial charge in [-0.3, -0.25) is 18.7 Å². The number of aromatic nitrogens is 1. The highest BCUT2D eigenvalue weighted by Crippen LogP contribution is 2.13. The van der Waals surface area contributed by atoms with Crippen molar-refractivity contribution in [2.75, 3.05) is 32.4 Å². The van der Waals surface area contributed by atoms with Crippen LogP contribution in [0, 0.1) is 0 Å². The van der Waals surface area contributed by atoms with E-state index in [1.165, 1.54) is 10.6 Å². The summed E-state index contributed by atoms with van der Waals surface area (Å²) >= 11 is 7.57. The zero-order chi connectivity index (χ0) is 21.7. The first-order valence-corrected chi connectivity index (χ1v) is 11.1. The number of rotatable bonds is 8. The third kappa shape index (κ3) is 5.24. The smallest absolute Gasteiger partial charge is 0.270 e. The van der Waals surface area contributed by atoms with E-state index in [0.29, 0.717) is 30.4 Å². The number of fused-ring (bicyclic) bond motifs is 1. The van der Waals surface area contributed by atoms with Crippen molar-refractivity contribution < 1.29 is 9.59 Å². The van der Waals surface area contributed by atoms with E-state index in [1.807, 2.05) is 19.2 Å². The normalized spacial score (nSPS) is 13.5. The van der Waals surface area contributed by atoms with Crippen molar-refractivity contribution in [3.05, 3.63) is 68.6 Å². The molecule has 3 rings (SSSR count). The average molecular weight is 449 g/mol. The Balaban J connectivity index is 1.68. The molecule has 0 saturated carbocycles. The van der Waals surface area contributed by atoms with Gasteiger partial charge in [0.15, 0.2) is 0 Å². The molecule has 0 saturated heterocycles. The zero-order valence-electron chi connectivity index (χ0n) is 17.1. The van der Waals surface area contributed by atoms with Crippen LogP contribution in [0.15, 0.2) is 41.2 Å². The summed E-state index contributed by atoms with van der Waals surface area (Å²) in [6.45, 7) is 4.54. The lowest BCUT2D eigenvalue weighted by Crippen LogP contribution is -2.47. The summed E-state index contributed by atoms with van der Waals surface area (Å²) in [4.78, 5) is 39.9.